The van der Waals surface area contributed by atoms with E-state index in [9.17, 15) is 0 Å². The zero-order valence-corrected chi connectivity index (χ0v) is 10.2. The maximum atomic E-state index is 5.94. The Hall–Kier alpha value is -0.900. The van der Waals surface area contributed by atoms with Crippen molar-refractivity contribution in [3.8, 4) is 0 Å². The highest BCUT2D eigenvalue weighted by molar-refractivity contribution is 5.13. The zero-order chi connectivity index (χ0) is 11.6. The van der Waals surface area contributed by atoms with Crippen LogP contribution in [0.15, 0.2) is 30.3 Å². The number of nitrogens with zero attached hydrogens (tertiary/aromatic N) is 1. The van der Waals surface area contributed by atoms with Crippen LogP contribution < -0.4 is 0 Å². The Kier molecular flexibility index (Phi) is 3.14. The van der Waals surface area contributed by atoms with E-state index in [2.05, 4.69) is 24.3 Å². The van der Waals surface area contributed by atoms with E-state index in [1.165, 1.54) is 36.2 Å². The van der Waals surface area contributed by atoms with Gasteiger partial charge in [0.1, 0.15) is 26.2 Å². The summed E-state index contributed by atoms with van der Waals surface area (Å²) in [4.78, 5) is 0. The van der Waals surface area contributed by atoms with Gasteiger partial charge in [0.05, 0.1) is 19.8 Å². The van der Waals surface area contributed by atoms with Gasteiger partial charge in [0.25, 0.3) is 0 Å². The fourth-order valence-electron chi connectivity index (χ4n) is 2.80. The average molecular weight is 234 g/mol. The lowest BCUT2D eigenvalue weighted by molar-refractivity contribution is -0.978. The molecule has 3 rings (SSSR count). The van der Waals surface area contributed by atoms with Crippen LogP contribution in [0.3, 0.4) is 0 Å². The molecule has 17 heavy (non-hydrogen) atoms. The Labute approximate surface area is 103 Å². The monoisotopic (exact) mass is 234 g/mol. The second-order valence-corrected chi connectivity index (χ2v) is 5.18. The number of morpholine rings is 1. The SMILES string of the molecule is c1ccc(COC2C[N+]3(CCOCC3)C2)cc1. The van der Waals surface area contributed by atoms with Gasteiger partial charge in [-0.25, -0.2) is 0 Å². The van der Waals surface area contributed by atoms with Crippen molar-refractivity contribution < 1.29 is 14.0 Å². The van der Waals surface area contributed by atoms with Crippen LogP contribution in [-0.2, 0) is 16.1 Å². The molecular formula is C14H20NO2+. The first-order valence-corrected chi connectivity index (χ1v) is 6.45. The van der Waals surface area contributed by atoms with Crippen LogP contribution in [0.25, 0.3) is 0 Å². The average Bonchev–Trinajstić information content (AvgIpc) is 2.36. The lowest BCUT2D eigenvalue weighted by atomic mass is 10.1. The highest BCUT2D eigenvalue weighted by atomic mass is 16.5. The van der Waals surface area contributed by atoms with Crippen molar-refractivity contribution in [1.82, 2.24) is 0 Å². The summed E-state index contributed by atoms with van der Waals surface area (Å²) in [5.74, 6) is 0. The molecule has 3 nitrogen and oxygen atoms in total. The van der Waals surface area contributed by atoms with Crippen molar-refractivity contribution >= 4 is 0 Å². The fraction of sp³-hybridized carbons (Fsp3) is 0.571. The number of benzene rings is 1. The molecule has 0 amide bonds. The van der Waals surface area contributed by atoms with Gasteiger partial charge in [-0.3, -0.25) is 0 Å². The lowest BCUT2D eigenvalue weighted by Crippen LogP contribution is -2.70. The molecule has 1 spiro atoms. The summed E-state index contributed by atoms with van der Waals surface area (Å²) in [6.07, 6.45) is 0.452. The molecule has 0 saturated carbocycles. The van der Waals surface area contributed by atoms with E-state index in [1.54, 1.807) is 0 Å². The first kappa shape index (κ1) is 11.2. The predicted molar refractivity (Wildman–Crippen MR) is 65.6 cm³/mol. The van der Waals surface area contributed by atoms with Crippen molar-refractivity contribution in [2.75, 3.05) is 39.4 Å². The van der Waals surface area contributed by atoms with Crippen LogP contribution in [-0.4, -0.2) is 50.0 Å². The highest BCUT2D eigenvalue weighted by Crippen LogP contribution is 2.25. The molecule has 1 aromatic rings. The van der Waals surface area contributed by atoms with Crippen LogP contribution in [0, 0.1) is 0 Å². The fourth-order valence-corrected chi connectivity index (χ4v) is 2.80. The van der Waals surface area contributed by atoms with E-state index in [-0.39, 0.29) is 0 Å². The number of ether oxygens (including phenoxy) is 2. The third-order valence-electron chi connectivity index (χ3n) is 3.93. The molecule has 0 unspecified atom stereocenters. The van der Waals surface area contributed by atoms with Gasteiger partial charge >= 0.3 is 0 Å². The number of hydrogen-bond donors (Lipinski definition) is 0. The number of quaternary nitrogens is 1. The molecule has 0 atom stereocenters. The van der Waals surface area contributed by atoms with E-state index in [4.69, 9.17) is 9.47 Å². The molecule has 92 valence electrons. The standard InChI is InChI=1S/C14H20NO2/c1-2-4-13(5-3-1)12-17-14-10-15(11-14)6-8-16-9-7-15/h1-5,14H,6-12H2/q+1. The summed E-state index contributed by atoms with van der Waals surface area (Å²) in [6, 6.07) is 10.4. The molecule has 0 aliphatic carbocycles. The van der Waals surface area contributed by atoms with Crippen molar-refractivity contribution in [2.45, 2.75) is 12.7 Å². The minimum atomic E-state index is 0.452. The Balaban J connectivity index is 1.44. The number of hydrogen-bond acceptors (Lipinski definition) is 2. The van der Waals surface area contributed by atoms with Gasteiger partial charge in [-0.05, 0) is 5.56 Å². The van der Waals surface area contributed by atoms with Crippen molar-refractivity contribution in [2.24, 2.45) is 0 Å². The summed E-state index contributed by atoms with van der Waals surface area (Å²) < 4.78 is 12.6. The largest absolute Gasteiger partial charge is 0.370 e. The molecule has 1 aromatic carbocycles. The first-order valence-electron chi connectivity index (χ1n) is 6.45. The van der Waals surface area contributed by atoms with Crippen LogP contribution in [0.1, 0.15) is 5.56 Å². The van der Waals surface area contributed by atoms with E-state index < -0.39 is 0 Å². The van der Waals surface area contributed by atoms with Crippen molar-refractivity contribution in [1.29, 1.82) is 0 Å². The minimum Gasteiger partial charge on any atom is -0.370 e. The Bertz CT molecular complexity index is 352. The maximum absolute atomic E-state index is 5.94. The molecule has 0 N–H and O–H groups in total. The summed E-state index contributed by atoms with van der Waals surface area (Å²) in [6.45, 7) is 7.29. The van der Waals surface area contributed by atoms with Crippen molar-refractivity contribution in [3.63, 3.8) is 0 Å². The molecule has 2 fully saturated rings. The second kappa shape index (κ2) is 4.77. The third kappa shape index (κ3) is 2.51. The molecule has 0 aromatic heterocycles. The van der Waals surface area contributed by atoms with Gasteiger partial charge in [-0.15, -0.1) is 0 Å². The molecule has 3 heteroatoms. The summed E-state index contributed by atoms with van der Waals surface area (Å²) in [5.41, 5.74) is 1.27. The molecule has 2 aliphatic rings. The Morgan fingerprint density at radius 3 is 2.53 bits per heavy atom. The lowest BCUT2D eigenvalue weighted by Gasteiger charge is -2.51. The normalized spacial score (nSPS) is 23.5. The summed E-state index contributed by atoms with van der Waals surface area (Å²) in [7, 11) is 0. The smallest absolute Gasteiger partial charge is 0.155 e. The van der Waals surface area contributed by atoms with Crippen LogP contribution in [0.2, 0.25) is 0 Å². The molecule has 2 heterocycles. The number of rotatable bonds is 3. The van der Waals surface area contributed by atoms with E-state index in [0.29, 0.717) is 6.10 Å². The van der Waals surface area contributed by atoms with Gasteiger partial charge in [-0.1, -0.05) is 30.3 Å². The summed E-state index contributed by atoms with van der Waals surface area (Å²) in [5, 5.41) is 0. The summed E-state index contributed by atoms with van der Waals surface area (Å²) >= 11 is 0. The molecule has 2 saturated heterocycles. The second-order valence-electron chi connectivity index (χ2n) is 5.18. The molecular weight excluding hydrogens is 214 g/mol. The van der Waals surface area contributed by atoms with Gasteiger partial charge in [-0.2, -0.15) is 0 Å². The minimum absolute atomic E-state index is 0.452. The van der Waals surface area contributed by atoms with Crippen LogP contribution in [0.5, 0.6) is 0 Å². The molecule has 0 radical (unpaired) electrons. The zero-order valence-electron chi connectivity index (χ0n) is 10.2. The first-order chi connectivity index (χ1) is 8.36. The highest BCUT2D eigenvalue weighted by Gasteiger charge is 2.45. The molecule has 2 aliphatic heterocycles. The van der Waals surface area contributed by atoms with Gasteiger partial charge < -0.3 is 14.0 Å². The van der Waals surface area contributed by atoms with Crippen LogP contribution >= 0.6 is 0 Å². The van der Waals surface area contributed by atoms with E-state index >= 15 is 0 Å². The maximum Gasteiger partial charge on any atom is 0.155 e. The molecule has 0 bridgehead atoms. The third-order valence-corrected chi connectivity index (χ3v) is 3.93. The van der Waals surface area contributed by atoms with Gasteiger partial charge in [0.2, 0.25) is 0 Å². The van der Waals surface area contributed by atoms with E-state index in [1.807, 2.05) is 6.07 Å². The van der Waals surface area contributed by atoms with E-state index in [0.717, 1.165) is 19.8 Å². The Morgan fingerprint density at radius 2 is 1.82 bits per heavy atom. The van der Waals surface area contributed by atoms with Crippen molar-refractivity contribution in [3.05, 3.63) is 35.9 Å². The van der Waals surface area contributed by atoms with Gasteiger partial charge in [0.15, 0.2) is 6.10 Å². The van der Waals surface area contributed by atoms with Gasteiger partial charge in [0, 0.05) is 0 Å². The van der Waals surface area contributed by atoms with Crippen LogP contribution in [0.4, 0.5) is 0 Å². The predicted octanol–water partition coefficient (Wildman–Crippen LogP) is 1.43. The quantitative estimate of drug-likeness (QED) is 0.737. The Morgan fingerprint density at radius 1 is 1.12 bits per heavy atom. The topological polar surface area (TPSA) is 18.5 Å².